The van der Waals surface area contributed by atoms with Gasteiger partial charge < -0.3 is 4.18 Å². The van der Waals surface area contributed by atoms with Gasteiger partial charge in [-0.25, -0.2) is 0 Å². The predicted octanol–water partition coefficient (Wildman–Crippen LogP) is 4.82. The van der Waals surface area contributed by atoms with Crippen LogP contribution in [0.2, 0.25) is 5.02 Å². The molecule has 0 aliphatic carbocycles. The average molecular weight is 371 g/mol. The van der Waals surface area contributed by atoms with Gasteiger partial charge in [0.1, 0.15) is 0 Å². The normalized spacial score (nSPS) is 12.4. The van der Waals surface area contributed by atoms with Crippen LogP contribution >= 0.6 is 22.9 Å². The number of halogens is 4. The van der Waals surface area contributed by atoms with Crippen LogP contribution in [0.4, 0.5) is 13.2 Å². The standard InChI is InChI=1S/C13H10ClF3O3S2/c1-2-22(18,19)20-11-10(7-21-12(11)13(15,16)17)8-3-5-9(14)6-4-8/h3-7H,2H2,1H3. The summed E-state index contributed by atoms with van der Waals surface area (Å²) < 4.78 is 67.0. The Morgan fingerprint density at radius 1 is 1.23 bits per heavy atom. The SMILES string of the molecule is CCS(=O)(=O)Oc1c(-c2ccc(Cl)cc2)csc1C(F)(F)F. The molecule has 1 aromatic heterocycles. The van der Waals surface area contributed by atoms with Crippen molar-refractivity contribution in [3.63, 3.8) is 0 Å². The van der Waals surface area contributed by atoms with Gasteiger partial charge in [-0.1, -0.05) is 23.7 Å². The summed E-state index contributed by atoms with van der Waals surface area (Å²) in [7, 11) is -4.08. The van der Waals surface area contributed by atoms with Crippen LogP contribution in [-0.4, -0.2) is 14.2 Å². The highest BCUT2D eigenvalue weighted by atomic mass is 35.5. The maximum absolute atomic E-state index is 13.0. The highest BCUT2D eigenvalue weighted by Crippen LogP contribution is 2.47. The van der Waals surface area contributed by atoms with Crippen molar-refractivity contribution in [1.29, 1.82) is 0 Å². The Labute approximate surface area is 134 Å². The number of hydrogen-bond donors (Lipinski definition) is 0. The first kappa shape index (κ1) is 17.1. The molecular formula is C13H10ClF3O3S2. The van der Waals surface area contributed by atoms with Gasteiger partial charge >= 0.3 is 16.3 Å². The second-order valence-electron chi connectivity index (χ2n) is 4.24. The zero-order valence-corrected chi connectivity index (χ0v) is 13.5. The number of benzene rings is 1. The van der Waals surface area contributed by atoms with E-state index in [4.69, 9.17) is 15.8 Å². The van der Waals surface area contributed by atoms with E-state index >= 15 is 0 Å². The molecule has 0 bridgehead atoms. The zero-order valence-electron chi connectivity index (χ0n) is 11.1. The molecule has 0 atom stereocenters. The quantitative estimate of drug-likeness (QED) is 0.725. The molecule has 1 heterocycles. The minimum absolute atomic E-state index is 0.0611. The first-order chi connectivity index (χ1) is 10.1. The van der Waals surface area contributed by atoms with E-state index < -0.39 is 32.7 Å². The summed E-state index contributed by atoms with van der Waals surface area (Å²) in [5, 5.41) is 1.63. The molecule has 2 aromatic rings. The van der Waals surface area contributed by atoms with E-state index in [1.165, 1.54) is 36.6 Å². The van der Waals surface area contributed by atoms with Gasteiger partial charge in [-0.05, 0) is 24.6 Å². The third-order valence-corrected chi connectivity index (χ3v) is 5.11. The summed E-state index contributed by atoms with van der Waals surface area (Å²) in [6.07, 6.45) is -4.70. The lowest BCUT2D eigenvalue weighted by Crippen LogP contribution is -2.14. The van der Waals surface area contributed by atoms with Crippen LogP contribution in [0.5, 0.6) is 5.75 Å². The van der Waals surface area contributed by atoms with Crippen LogP contribution < -0.4 is 4.18 Å². The van der Waals surface area contributed by atoms with E-state index in [1.54, 1.807) is 0 Å². The Balaban J connectivity index is 2.60. The number of hydrogen-bond acceptors (Lipinski definition) is 4. The molecule has 0 N–H and O–H groups in total. The van der Waals surface area contributed by atoms with Crippen molar-refractivity contribution >= 4 is 33.1 Å². The summed E-state index contributed by atoms with van der Waals surface area (Å²) >= 11 is 6.13. The van der Waals surface area contributed by atoms with E-state index in [2.05, 4.69) is 0 Å². The molecule has 1 aromatic carbocycles. The highest BCUT2D eigenvalue weighted by Gasteiger charge is 2.39. The van der Waals surface area contributed by atoms with Crippen LogP contribution in [0.25, 0.3) is 11.1 Å². The molecule has 0 radical (unpaired) electrons. The molecule has 0 saturated carbocycles. The molecule has 0 amide bonds. The number of thiophene rings is 1. The van der Waals surface area contributed by atoms with Crippen molar-refractivity contribution in [2.24, 2.45) is 0 Å². The second kappa shape index (κ2) is 6.10. The third-order valence-electron chi connectivity index (χ3n) is 2.72. The van der Waals surface area contributed by atoms with Gasteiger partial charge in [0.15, 0.2) is 10.6 Å². The second-order valence-corrected chi connectivity index (χ2v) is 7.42. The van der Waals surface area contributed by atoms with E-state index in [1.807, 2.05) is 0 Å². The van der Waals surface area contributed by atoms with Crippen LogP contribution in [0.3, 0.4) is 0 Å². The van der Waals surface area contributed by atoms with Crippen LogP contribution in [0.1, 0.15) is 11.8 Å². The Morgan fingerprint density at radius 2 is 1.82 bits per heavy atom. The summed E-state index contributed by atoms with van der Waals surface area (Å²) in [4.78, 5) is -1.09. The molecule has 120 valence electrons. The molecule has 0 spiro atoms. The van der Waals surface area contributed by atoms with Crippen molar-refractivity contribution in [3.05, 3.63) is 39.5 Å². The van der Waals surface area contributed by atoms with Crippen LogP contribution in [0, 0.1) is 0 Å². The minimum atomic E-state index is -4.70. The fourth-order valence-electron chi connectivity index (χ4n) is 1.64. The first-order valence-electron chi connectivity index (χ1n) is 6.01. The molecule has 3 nitrogen and oxygen atoms in total. The Kier molecular flexibility index (Phi) is 4.74. The van der Waals surface area contributed by atoms with E-state index in [-0.39, 0.29) is 5.56 Å². The van der Waals surface area contributed by atoms with Gasteiger partial charge in [-0.15, -0.1) is 11.3 Å². The van der Waals surface area contributed by atoms with E-state index in [0.717, 1.165) is 0 Å². The minimum Gasteiger partial charge on any atom is -0.380 e. The smallest absolute Gasteiger partial charge is 0.380 e. The van der Waals surface area contributed by atoms with Crippen molar-refractivity contribution in [2.75, 3.05) is 5.75 Å². The lowest BCUT2D eigenvalue weighted by atomic mass is 10.1. The maximum Gasteiger partial charge on any atom is 0.429 e. The fourth-order valence-corrected chi connectivity index (χ4v) is 3.23. The van der Waals surface area contributed by atoms with Gasteiger partial charge in [-0.3, -0.25) is 0 Å². The first-order valence-corrected chi connectivity index (χ1v) is 8.84. The summed E-state index contributed by atoms with van der Waals surface area (Å²) in [6, 6.07) is 5.99. The lowest BCUT2D eigenvalue weighted by molar-refractivity contribution is -0.135. The molecule has 0 saturated heterocycles. The monoisotopic (exact) mass is 370 g/mol. The van der Waals surface area contributed by atoms with Gasteiger partial charge in [0.05, 0.1) is 5.75 Å². The number of alkyl halides is 3. The Hall–Kier alpha value is -1.25. The molecule has 22 heavy (non-hydrogen) atoms. The average Bonchev–Trinajstić information content (AvgIpc) is 2.82. The van der Waals surface area contributed by atoms with Crippen LogP contribution in [-0.2, 0) is 16.3 Å². The summed E-state index contributed by atoms with van der Waals surface area (Å²) in [6.45, 7) is 1.29. The molecule has 2 rings (SSSR count). The van der Waals surface area contributed by atoms with Gasteiger partial charge in [0.2, 0.25) is 0 Å². The van der Waals surface area contributed by atoms with Crippen molar-refractivity contribution in [2.45, 2.75) is 13.1 Å². The topological polar surface area (TPSA) is 43.4 Å². The third kappa shape index (κ3) is 3.74. The number of rotatable bonds is 4. The lowest BCUT2D eigenvalue weighted by Gasteiger charge is -2.11. The van der Waals surface area contributed by atoms with Gasteiger partial charge in [0.25, 0.3) is 0 Å². The van der Waals surface area contributed by atoms with Gasteiger partial charge in [-0.2, -0.15) is 21.6 Å². The Bertz CT molecular complexity index is 765. The van der Waals surface area contributed by atoms with Crippen molar-refractivity contribution < 1.29 is 25.8 Å². The predicted molar refractivity (Wildman–Crippen MR) is 79.9 cm³/mol. The van der Waals surface area contributed by atoms with Crippen molar-refractivity contribution in [3.8, 4) is 16.9 Å². The molecule has 0 aliphatic rings. The van der Waals surface area contributed by atoms with E-state index in [0.29, 0.717) is 21.9 Å². The fraction of sp³-hybridized carbons (Fsp3) is 0.231. The molecule has 0 unspecified atom stereocenters. The van der Waals surface area contributed by atoms with E-state index in [9.17, 15) is 21.6 Å². The highest BCUT2D eigenvalue weighted by molar-refractivity contribution is 7.87. The van der Waals surface area contributed by atoms with Gasteiger partial charge in [0, 0.05) is 16.0 Å². The van der Waals surface area contributed by atoms with Crippen molar-refractivity contribution in [1.82, 2.24) is 0 Å². The summed E-state index contributed by atoms with van der Waals surface area (Å²) in [5.74, 6) is -1.12. The Morgan fingerprint density at radius 3 is 2.32 bits per heavy atom. The molecule has 0 aliphatic heterocycles. The maximum atomic E-state index is 13.0. The largest absolute Gasteiger partial charge is 0.429 e. The summed E-state index contributed by atoms with van der Waals surface area (Å²) in [5.41, 5.74) is 0.448. The molecule has 9 heteroatoms. The molecular weight excluding hydrogens is 361 g/mol. The van der Waals surface area contributed by atoms with Crippen LogP contribution in [0.15, 0.2) is 29.6 Å². The molecule has 0 fully saturated rings. The zero-order chi connectivity index (χ0) is 16.5.